The van der Waals surface area contributed by atoms with Gasteiger partial charge in [0.2, 0.25) is 0 Å². The van der Waals surface area contributed by atoms with Gasteiger partial charge in [-0.25, -0.2) is 0 Å². The van der Waals surface area contributed by atoms with Crippen LogP contribution < -0.4 is 5.73 Å². The summed E-state index contributed by atoms with van der Waals surface area (Å²) in [5.41, 5.74) is 6.76. The van der Waals surface area contributed by atoms with Gasteiger partial charge in [-0.15, -0.1) is 0 Å². The second kappa shape index (κ2) is 5.89. The summed E-state index contributed by atoms with van der Waals surface area (Å²) >= 11 is 0. The van der Waals surface area contributed by atoms with Crippen molar-refractivity contribution < 1.29 is 5.11 Å². The summed E-state index contributed by atoms with van der Waals surface area (Å²) in [5, 5.41) is 9.49. The molecule has 2 fully saturated rings. The van der Waals surface area contributed by atoms with Crippen LogP contribution in [0, 0.1) is 11.3 Å². The normalized spacial score (nSPS) is 37.7. The molecule has 0 aromatic rings. The highest BCUT2D eigenvalue weighted by molar-refractivity contribution is 4.90. The van der Waals surface area contributed by atoms with Gasteiger partial charge >= 0.3 is 0 Å². The molecule has 0 radical (unpaired) electrons. The molecule has 2 aliphatic rings. The van der Waals surface area contributed by atoms with Crippen LogP contribution in [0.4, 0.5) is 0 Å². The van der Waals surface area contributed by atoms with Crippen LogP contribution in [0.25, 0.3) is 0 Å². The van der Waals surface area contributed by atoms with Crippen molar-refractivity contribution in [2.24, 2.45) is 17.1 Å². The zero-order valence-electron chi connectivity index (χ0n) is 12.1. The van der Waals surface area contributed by atoms with Crippen LogP contribution in [0.5, 0.6) is 0 Å². The van der Waals surface area contributed by atoms with Crippen molar-refractivity contribution >= 4 is 0 Å². The fourth-order valence-corrected chi connectivity index (χ4v) is 3.76. The van der Waals surface area contributed by atoms with Gasteiger partial charge in [-0.3, -0.25) is 4.90 Å². The maximum Gasteiger partial charge on any atom is 0.0586 e. The van der Waals surface area contributed by atoms with Gasteiger partial charge in [-0.1, -0.05) is 20.3 Å². The topological polar surface area (TPSA) is 49.5 Å². The number of likely N-dealkylation sites (tertiary alicyclic amines) is 1. The quantitative estimate of drug-likeness (QED) is 0.810. The third-order valence-corrected chi connectivity index (χ3v) is 5.00. The fourth-order valence-electron chi connectivity index (χ4n) is 3.76. The number of aliphatic hydroxyl groups excluding tert-OH is 1. The Morgan fingerprint density at radius 2 is 2.06 bits per heavy atom. The first-order chi connectivity index (χ1) is 8.52. The molecule has 0 spiro atoms. The molecule has 3 heteroatoms. The van der Waals surface area contributed by atoms with Gasteiger partial charge in [0.15, 0.2) is 0 Å². The maximum atomic E-state index is 9.49. The Balaban J connectivity index is 1.93. The molecule has 3 atom stereocenters. The highest BCUT2D eigenvalue weighted by Crippen LogP contribution is 2.38. The van der Waals surface area contributed by atoms with E-state index in [1.807, 2.05) is 0 Å². The maximum absolute atomic E-state index is 9.49. The fraction of sp³-hybridized carbons (Fsp3) is 1.00. The van der Waals surface area contributed by atoms with Crippen LogP contribution in [0.15, 0.2) is 0 Å². The predicted molar refractivity (Wildman–Crippen MR) is 75.4 cm³/mol. The van der Waals surface area contributed by atoms with E-state index in [2.05, 4.69) is 18.7 Å². The van der Waals surface area contributed by atoms with Crippen LogP contribution >= 0.6 is 0 Å². The van der Waals surface area contributed by atoms with Gasteiger partial charge in [0, 0.05) is 18.6 Å². The molecule has 1 saturated carbocycles. The number of nitrogens with two attached hydrogens (primary N) is 1. The van der Waals surface area contributed by atoms with Crippen molar-refractivity contribution in [3.05, 3.63) is 0 Å². The Bertz CT molecular complexity index is 267. The molecular formula is C15H30N2O. The lowest BCUT2D eigenvalue weighted by Gasteiger charge is -2.44. The van der Waals surface area contributed by atoms with Crippen LogP contribution in [0.1, 0.15) is 52.4 Å². The Hall–Kier alpha value is -0.120. The molecule has 3 nitrogen and oxygen atoms in total. The summed E-state index contributed by atoms with van der Waals surface area (Å²) in [5.74, 6) is 0.612. The summed E-state index contributed by atoms with van der Waals surface area (Å²) in [6.45, 7) is 7.28. The Morgan fingerprint density at radius 1 is 1.28 bits per heavy atom. The lowest BCUT2D eigenvalue weighted by molar-refractivity contribution is 0.0486. The van der Waals surface area contributed by atoms with Gasteiger partial charge in [-0.2, -0.15) is 0 Å². The molecule has 0 amide bonds. The monoisotopic (exact) mass is 254 g/mol. The minimum absolute atomic E-state index is 0.311. The smallest absolute Gasteiger partial charge is 0.0586 e. The molecular weight excluding hydrogens is 224 g/mol. The highest BCUT2D eigenvalue weighted by atomic mass is 16.3. The number of hydrogen-bond donors (Lipinski definition) is 2. The van der Waals surface area contributed by atoms with E-state index in [4.69, 9.17) is 5.73 Å². The number of hydrogen-bond acceptors (Lipinski definition) is 3. The minimum Gasteiger partial charge on any atom is -0.395 e. The summed E-state index contributed by atoms with van der Waals surface area (Å²) in [6.07, 6.45) is 7.36. The predicted octanol–water partition coefficient (Wildman–Crippen LogP) is 1.99. The molecule has 1 aliphatic heterocycles. The number of aliphatic hydroxyl groups is 1. The minimum atomic E-state index is 0.311. The van der Waals surface area contributed by atoms with Gasteiger partial charge < -0.3 is 10.8 Å². The molecule has 0 aromatic carbocycles. The van der Waals surface area contributed by atoms with E-state index in [0.29, 0.717) is 30.0 Å². The molecule has 0 aromatic heterocycles. The zero-order valence-corrected chi connectivity index (χ0v) is 12.1. The summed E-state index contributed by atoms with van der Waals surface area (Å²) < 4.78 is 0. The lowest BCUT2D eigenvalue weighted by atomic mass is 9.70. The third kappa shape index (κ3) is 3.46. The summed E-state index contributed by atoms with van der Waals surface area (Å²) in [4.78, 5) is 2.50. The first-order valence-electron chi connectivity index (χ1n) is 7.62. The van der Waals surface area contributed by atoms with Crippen LogP contribution in [0.3, 0.4) is 0 Å². The third-order valence-electron chi connectivity index (χ3n) is 5.00. The number of piperidine rings is 1. The van der Waals surface area contributed by atoms with Crippen molar-refractivity contribution in [1.29, 1.82) is 0 Å². The van der Waals surface area contributed by atoms with Crippen molar-refractivity contribution in [2.45, 2.75) is 64.5 Å². The van der Waals surface area contributed by atoms with Crippen LogP contribution in [-0.2, 0) is 0 Å². The number of rotatable bonds is 3. The lowest BCUT2D eigenvalue weighted by Crippen LogP contribution is -2.50. The van der Waals surface area contributed by atoms with Crippen LogP contribution in [0.2, 0.25) is 0 Å². The zero-order chi connectivity index (χ0) is 13.2. The standard InChI is InChI=1S/C15H30N2O/c1-15(2)7-6-14(16)12(9-15)10-17-8-4-3-5-13(17)11-18/h12-14,18H,3-11,16H2,1-2H3. The molecule has 18 heavy (non-hydrogen) atoms. The van der Waals surface area contributed by atoms with Crippen molar-refractivity contribution in [3.8, 4) is 0 Å². The van der Waals surface area contributed by atoms with E-state index in [1.54, 1.807) is 0 Å². The van der Waals surface area contributed by atoms with Gasteiger partial charge in [-0.05, 0) is 50.0 Å². The average Bonchev–Trinajstić information content (AvgIpc) is 2.34. The van der Waals surface area contributed by atoms with E-state index in [1.165, 1.54) is 25.7 Å². The molecule has 1 heterocycles. The second-order valence-corrected chi connectivity index (χ2v) is 7.16. The Kier molecular flexibility index (Phi) is 4.68. The molecule has 3 unspecified atom stereocenters. The van der Waals surface area contributed by atoms with E-state index in [-0.39, 0.29) is 0 Å². The molecule has 3 N–H and O–H groups in total. The Labute approximate surface area is 112 Å². The summed E-state index contributed by atoms with van der Waals surface area (Å²) in [6, 6.07) is 0.746. The van der Waals surface area contributed by atoms with E-state index in [0.717, 1.165) is 25.9 Å². The first-order valence-corrected chi connectivity index (χ1v) is 7.62. The molecule has 1 saturated heterocycles. The highest BCUT2D eigenvalue weighted by Gasteiger charge is 2.35. The van der Waals surface area contributed by atoms with Gasteiger partial charge in [0.25, 0.3) is 0 Å². The summed E-state index contributed by atoms with van der Waals surface area (Å²) in [7, 11) is 0. The van der Waals surface area contributed by atoms with E-state index >= 15 is 0 Å². The first kappa shape index (κ1) is 14.3. The van der Waals surface area contributed by atoms with E-state index < -0.39 is 0 Å². The Morgan fingerprint density at radius 3 is 2.78 bits per heavy atom. The second-order valence-electron chi connectivity index (χ2n) is 7.16. The largest absolute Gasteiger partial charge is 0.395 e. The molecule has 1 aliphatic carbocycles. The van der Waals surface area contributed by atoms with Crippen molar-refractivity contribution in [2.75, 3.05) is 19.7 Å². The SMILES string of the molecule is CC1(C)CCC(N)C(CN2CCCCC2CO)C1. The van der Waals surface area contributed by atoms with Gasteiger partial charge in [0.05, 0.1) is 6.61 Å². The van der Waals surface area contributed by atoms with Gasteiger partial charge in [0.1, 0.15) is 0 Å². The van der Waals surface area contributed by atoms with E-state index in [9.17, 15) is 5.11 Å². The number of nitrogens with zero attached hydrogens (tertiary/aromatic N) is 1. The molecule has 2 rings (SSSR count). The van der Waals surface area contributed by atoms with Crippen molar-refractivity contribution in [3.63, 3.8) is 0 Å². The van der Waals surface area contributed by atoms with Crippen molar-refractivity contribution in [1.82, 2.24) is 4.90 Å². The average molecular weight is 254 g/mol. The molecule has 0 bridgehead atoms. The van der Waals surface area contributed by atoms with Crippen LogP contribution in [-0.4, -0.2) is 41.8 Å². The molecule has 106 valence electrons.